The first-order valence-corrected chi connectivity index (χ1v) is 6.10. The highest BCUT2D eigenvalue weighted by atomic mass is 79.9. The second kappa shape index (κ2) is 4.89. The van der Waals surface area contributed by atoms with Crippen LogP contribution >= 0.6 is 27.7 Å². The lowest BCUT2D eigenvalue weighted by Gasteiger charge is -2.19. The molecule has 0 aromatic heterocycles. The van der Waals surface area contributed by atoms with Crippen LogP contribution in [0.25, 0.3) is 0 Å². The van der Waals surface area contributed by atoms with Gasteiger partial charge in [-0.05, 0) is 48.0 Å². The zero-order chi connectivity index (χ0) is 12.3. The molecule has 84 valence electrons. The lowest BCUT2D eigenvalue weighted by atomic mass is 10.2. The van der Waals surface area contributed by atoms with Gasteiger partial charge in [0.25, 0.3) is 0 Å². The van der Waals surface area contributed by atoms with Gasteiger partial charge in [-0.1, -0.05) is 0 Å². The van der Waals surface area contributed by atoms with E-state index in [1.165, 1.54) is 11.8 Å². The van der Waals surface area contributed by atoms with Crippen molar-refractivity contribution in [3.63, 3.8) is 0 Å². The Balaban J connectivity index is 3.00. The molecular weight excluding hydrogens is 290 g/mol. The smallest absolute Gasteiger partial charge is 0.319 e. The topological polar surface area (TPSA) is 61.1 Å². The number of carbonyl (C=O) groups is 1. The number of carboxylic acid groups (broad SMARTS) is 1. The fraction of sp³-hybridized carbons (Fsp3) is 0.273. The molecule has 0 saturated carbocycles. The normalized spacial score (nSPS) is 10.9. The molecule has 0 unspecified atom stereocenters. The van der Waals surface area contributed by atoms with E-state index in [1.54, 1.807) is 32.0 Å². The molecule has 0 spiro atoms. The number of nitrogens with zero attached hydrogens (tertiary/aromatic N) is 1. The molecule has 0 aliphatic carbocycles. The molecule has 0 saturated heterocycles. The summed E-state index contributed by atoms with van der Waals surface area (Å²) in [6.07, 6.45) is 0. The fourth-order valence-corrected chi connectivity index (χ4v) is 2.52. The van der Waals surface area contributed by atoms with Gasteiger partial charge in [0.1, 0.15) is 4.75 Å². The van der Waals surface area contributed by atoms with E-state index < -0.39 is 10.7 Å². The van der Waals surface area contributed by atoms with E-state index >= 15 is 0 Å². The third-order valence-corrected chi connectivity index (χ3v) is 4.12. The molecule has 1 rings (SSSR count). The van der Waals surface area contributed by atoms with Crippen LogP contribution in [0.4, 0.5) is 0 Å². The van der Waals surface area contributed by atoms with Crippen molar-refractivity contribution in [2.24, 2.45) is 0 Å². The Morgan fingerprint density at radius 1 is 1.56 bits per heavy atom. The Labute approximate surface area is 107 Å². The van der Waals surface area contributed by atoms with Gasteiger partial charge in [-0.15, -0.1) is 11.8 Å². The van der Waals surface area contributed by atoms with Gasteiger partial charge in [-0.3, -0.25) is 4.79 Å². The lowest BCUT2D eigenvalue weighted by molar-refractivity contribution is -0.138. The minimum Gasteiger partial charge on any atom is -0.480 e. The monoisotopic (exact) mass is 299 g/mol. The maximum atomic E-state index is 11.0. The third kappa shape index (κ3) is 3.00. The Bertz CT molecular complexity index is 466. The van der Waals surface area contributed by atoms with Crippen molar-refractivity contribution in [3.8, 4) is 6.07 Å². The average molecular weight is 300 g/mol. The second-order valence-corrected chi connectivity index (χ2v) is 6.19. The summed E-state index contributed by atoms with van der Waals surface area (Å²) in [6.45, 7) is 3.29. The van der Waals surface area contributed by atoms with Gasteiger partial charge in [0, 0.05) is 9.37 Å². The molecule has 1 aromatic rings. The number of aliphatic carboxylic acids is 1. The van der Waals surface area contributed by atoms with Crippen molar-refractivity contribution >= 4 is 33.7 Å². The average Bonchev–Trinajstić information content (AvgIpc) is 2.20. The number of benzene rings is 1. The summed E-state index contributed by atoms with van der Waals surface area (Å²) < 4.78 is -0.151. The lowest BCUT2D eigenvalue weighted by Crippen LogP contribution is -2.26. The zero-order valence-electron chi connectivity index (χ0n) is 8.82. The van der Waals surface area contributed by atoms with Crippen molar-refractivity contribution < 1.29 is 9.90 Å². The summed E-state index contributed by atoms with van der Waals surface area (Å²) >= 11 is 4.57. The first kappa shape index (κ1) is 13.1. The van der Waals surface area contributed by atoms with Gasteiger partial charge < -0.3 is 5.11 Å². The van der Waals surface area contributed by atoms with Gasteiger partial charge in [0.05, 0.1) is 11.6 Å². The Morgan fingerprint density at radius 3 is 2.62 bits per heavy atom. The first-order chi connectivity index (χ1) is 7.36. The molecule has 5 heteroatoms. The summed E-state index contributed by atoms with van der Waals surface area (Å²) in [7, 11) is 0. The highest BCUT2D eigenvalue weighted by molar-refractivity contribution is 9.10. The first-order valence-electron chi connectivity index (χ1n) is 4.49. The van der Waals surface area contributed by atoms with Crippen molar-refractivity contribution in [1.82, 2.24) is 0 Å². The highest BCUT2D eigenvalue weighted by Crippen LogP contribution is 2.37. The van der Waals surface area contributed by atoms with Gasteiger partial charge in [-0.25, -0.2) is 0 Å². The van der Waals surface area contributed by atoms with Crippen LogP contribution < -0.4 is 0 Å². The predicted octanol–water partition coefficient (Wildman–Crippen LogP) is 3.28. The molecule has 0 aliphatic rings. The number of halogens is 1. The predicted molar refractivity (Wildman–Crippen MR) is 66.4 cm³/mol. The Hall–Kier alpha value is -0.990. The number of thioether (sulfide) groups is 1. The van der Waals surface area contributed by atoms with E-state index in [4.69, 9.17) is 10.4 Å². The molecule has 0 atom stereocenters. The number of rotatable bonds is 3. The number of hydrogen-bond donors (Lipinski definition) is 1. The van der Waals surface area contributed by atoms with Crippen molar-refractivity contribution in [2.75, 3.05) is 0 Å². The summed E-state index contributed by atoms with van der Waals surface area (Å²) in [5, 5.41) is 17.7. The molecule has 3 nitrogen and oxygen atoms in total. The van der Waals surface area contributed by atoms with Gasteiger partial charge in [0.2, 0.25) is 0 Å². The minimum absolute atomic E-state index is 0.546. The summed E-state index contributed by atoms with van der Waals surface area (Å²) in [5.41, 5.74) is 0.546. The summed E-state index contributed by atoms with van der Waals surface area (Å²) in [6, 6.07) is 7.13. The van der Waals surface area contributed by atoms with Crippen LogP contribution in [0.5, 0.6) is 0 Å². The van der Waals surface area contributed by atoms with Gasteiger partial charge in [0.15, 0.2) is 0 Å². The Morgan fingerprint density at radius 2 is 2.19 bits per heavy atom. The number of carboxylic acids is 1. The van der Waals surface area contributed by atoms with Crippen LogP contribution in [-0.4, -0.2) is 15.8 Å². The van der Waals surface area contributed by atoms with Crippen LogP contribution in [0.2, 0.25) is 0 Å². The van der Waals surface area contributed by atoms with Crippen molar-refractivity contribution in [1.29, 1.82) is 5.26 Å². The fourth-order valence-electron chi connectivity index (χ4n) is 0.972. The molecule has 1 aromatic carbocycles. The van der Waals surface area contributed by atoms with E-state index in [9.17, 15) is 4.79 Å². The third-order valence-electron chi connectivity index (χ3n) is 1.94. The van der Waals surface area contributed by atoms with Crippen LogP contribution in [-0.2, 0) is 4.79 Å². The number of hydrogen-bond acceptors (Lipinski definition) is 3. The standard InChI is InChI=1S/C11H10BrNO2S/c1-11(2,10(14)15)16-9-4-3-7(6-13)5-8(9)12/h3-5H,1-2H3,(H,14,15). The van der Waals surface area contributed by atoms with Crippen LogP contribution in [0, 0.1) is 11.3 Å². The van der Waals surface area contributed by atoms with E-state index in [-0.39, 0.29) is 0 Å². The molecule has 1 N–H and O–H groups in total. The second-order valence-electron chi connectivity index (χ2n) is 3.67. The maximum absolute atomic E-state index is 11.0. The van der Waals surface area contributed by atoms with Crippen LogP contribution in [0.1, 0.15) is 19.4 Å². The van der Waals surface area contributed by atoms with Crippen molar-refractivity contribution in [3.05, 3.63) is 28.2 Å². The van der Waals surface area contributed by atoms with Gasteiger partial charge >= 0.3 is 5.97 Å². The number of nitriles is 1. The Kier molecular flexibility index (Phi) is 4.00. The SMILES string of the molecule is CC(C)(Sc1ccc(C#N)cc1Br)C(=O)O. The largest absolute Gasteiger partial charge is 0.480 e. The molecular formula is C11H10BrNO2S. The molecule has 0 heterocycles. The quantitative estimate of drug-likeness (QED) is 0.870. The minimum atomic E-state index is -0.892. The van der Waals surface area contributed by atoms with E-state index in [0.717, 1.165) is 9.37 Å². The highest BCUT2D eigenvalue weighted by Gasteiger charge is 2.29. The molecule has 0 amide bonds. The van der Waals surface area contributed by atoms with E-state index in [0.29, 0.717) is 5.56 Å². The van der Waals surface area contributed by atoms with E-state index in [2.05, 4.69) is 15.9 Å². The molecule has 0 fully saturated rings. The zero-order valence-corrected chi connectivity index (χ0v) is 11.2. The van der Waals surface area contributed by atoms with Crippen LogP contribution in [0.15, 0.2) is 27.6 Å². The summed E-state index contributed by atoms with van der Waals surface area (Å²) in [5.74, 6) is -0.867. The molecule has 0 aliphatic heterocycles. The van der Waals surface area contributed by atoms with Crippen molar-refractivity contribution in [2.45, 2.75) is 23.5 Å². The van der Waals surface area contributed by atoms with Gasteiger partial charge in [-0.2, -0.15) is 5.26 Å². The summed E-state index contributed by atoms with van der Waals surface area (Å²) in [4.78, 5) is 11.8. The van der Waals surface area contributed by atoms with E-state index in [1.807, 2.05) is 6.07 Å². The van der Waals surface area contributed by atoms with Crippen LogP contribution in [0.3, 0.4) is 0 Å². The maximum Gasteiger partial charge on any atom is 0.319 e. The molecule has 0 bridgehead atoms. The molecule has 0 radical (unpaired) electrons. The molecule has 16 heavy (non-hydrogen) atoms.